The summed E-state index contributed by atoms with van der Waals surface area (Å²) < 4.78 is 37.3. The van der Waals surface area contributed by atoms with Crippen molar-refractivity contribution in [3.63, 3.8) is 0 Å². The summed E-state index contributed by atoms with van der Waals surface area (Å²) >= 11 is 5.98. The summed E-state index contributed by atoms with van der Waals surface area (Å²) in [6, 6.07) is 4.61. The quantitative estimate of drug-likeness (QED) is 0.539. The van der Waals surface area contributed by atoms with Crippen LogP contribution >= 0.6 is 11.6 Å². The fourth-order valence-electron chi connectivity index (χ4n) is 1.69. The highest BCUT2D eigenvalue weighted by atomic mass is 35.5. The zero-order chi connectivity index (χ0) is 15.6. The van der Waals surface area contributed by atoms with E-state index in [2.05, 4.69) is 21.8 Å². The Morgan fingerprint density at radius 1 is 1.00 bits per heavy atom. The molecule has 0 aliphatic rings. The molecule has 6 heteroatoms. The van der Waals surface area contributed by atoms with Gasteiger partial charge in [-0.2, -0.15) is 13.2 Å². The van der Waals surface area contributed by atoms with Crippen LogP contribution in [0.25, 0.3) is 0 Å². The van der Waals surface area contributed by atoms with Crippen molar-refractivity contribution in [1.29, 1.82) is 0 Å². The van der Waals surface area contributed by atoms with Crippen LogP contribution in [0.1, 0.15) is 28.2 Å². The van der Waals surface area contributed by atoms with Crippen molar-refractivity contribution in [2.24, 2.45) is 0 Å². The molecule has 0 saturated heterocycles. The monoisotopic (exact) mass is 310 g/mol. The lowest BCUT2D eigenvalue weighted by molar-refractivity contribution is -0.137. The molecule has 0 radical (unpaired) electrons. The van der Waals surface area contributed by atoms with Crippen molar-refractivity contribution < 1.29 is 13.2 Å². The van der Waals surface area contributed by atoms with Gasteiger partial charge in [-0.3, -0.25) is 0 Å². The molecule has 0 atom stereocenters. The van der Waals surface area contributed by atoms with Gasteiger partial charge in [0.25, 0.3) is 0 Å². The molecule has 0 saturated carbocycles. The van der Waals surface area contributed by atoms with Gasteiger partial charge in [0.2, 0.25) is 0 Å². The highest BCUT2D eigenvalue weighted by molar-refractivity contribution is 6.30. The van der Waals surface area contributed by atoms with Crippen LogP contribution in [0.15, 0.2) is 24.3 Å². The molecule has 0 fully saturated rings. The number of halogens is 4. The van der Waals surface area contributed by atoms with E-state index in [1.807, 2.05) is 0 Å². The molecular formula is C15H10ClF3N2. The summed E-state index contributed by atoms with van der Waals surface area (Å²) in [5.74, 6) is 6.09. The lowest BCUT2D eigenvalue weighted by Crippen LogP contribution is -2.04. The van der Waals surface area contributed by atoms with Crippen molar-refractivity contribution in [1.82, 2.24) is 9.97 Å². The van der Waals surface area contributed by atoms with Gasteiger partial charge in [0.1, 0.15) is 11.0 Å². The minimum atomic E-state index is -4.35. The molecule has 21 heavy (non-hydrogen) atoms. The van der Waals surface area contributed by atoms with Crippen molar-refractivity contribution >= 4 is 11.6 Å². The minimum absolute atomic E-state index is 0.236. The van der Waals surface area contributed by atoms with Gasteiger partial charge in [0.05, 0.1) is 16.8 Å². The summed E-state index contributed by atoms with van der Waals surface area (Å²) in [5, 5.41) is 0.236. The van der Waals surface area contributed by atoms with E-state index in [0.29, 0.717) is 22.6 Å². The number of hydrogen-bond donors (Lipinski definition) is 0. The number of aryl methyl sites for hydroxylation is 2. The second-order valence-corrected chi connectivity index (χ2v) is 4.71. The Labute approximate surface area is 125 Å². The maximum Gasteiger partial charge on any atom is 0.416 e. The molecule has 1 heterocycles. The number of benzene rings is 1. The molecule has 0 aliphatic carbocycles. The van der Waals surface area contributed by atoms with Crippen LogP contribution in [0.3, 0.4) is 0 Å². The molecule has 108 valence electrons. The normalized spacial score (nSPS) is 11.0. The van der Waals surface area contributed by atoms with E-state index >= 15 is 0 Å². The summed E-state index contributed by atoms with van der Waals surface area (Å²) in [4.78, 5) is 8.14. The molecule has 2 nitrogen and oxygen atoms in total. The zero-order valence-corrected chi connectivity index (χ0v) is 12.0. The molecule has 2 rings (SSSR count). The van der Waals surface area contributed by atoms with Crippen molar-refractivity contribution in [3.8, 4) is 11.8 Å². The topological polar surface area (TPSA) is 25.8 Å². The maximum atomic E-state index is 12.4. The van der Waals surface area contributed by atoms with Gasteiger partial charge in [-0.1, -0.05) is 23.4 Å². The predicted octanol–water partition coefficient (Wildman–Crippen LogP) is 4.17. The van der Waals surface area contributed by atoms with Gasteiger partial charge in [-0.25, -0.2) is 9.97 Å². The highest BCUT2D eigenvalue weighted by Gasteiger charge is 2.29. The molecule has 0 unspecified atom stereocenters. The fraction of sp³-hybridized carbons (Fsp3) is 0.200. The Bertz CT molecular complexity index is 702. The van der Waals surface area contributed by atoms with E-state index < -0.39 is 11.7 Å². The fourth-order valence-corrected chi connectivity index (χ4v) is 2.00. The molecule has 0 spiro atoms. The lowest BCUT2D eigenvalue weighted by atomic mass is 10.1. The molecule has 0 aliphatic heterocycles. The van der Waals surface area contributed by atoms with E-state index in [-0.39, 0.29) is 5.15 Å². The first kappa shape index (κ1) is 15.3. The first-order chi connectivity index (χ1) is 9.77. The van der Waals surface area contributed by atoms with Crippen molar-refractivity contribution in [2.75, 3.05) is 0 Å². The van der Waals surface area contributed by atoms with Gasteiger partial charge in [-0.15, -0.1) is 0 Å². The van der Waals surface area contributed by atoms with Crippen LogP contribution in [-0.2, 0) is 6.18 Å². The molecule has 2 aromatic rings. The number of nitrogens with zero attached hydrogens (tertiary/aromatic N) is 2. The first-order valence-electron chi connectivity index (χ1n) is 5.97. The standard InChI is InChI=1S/C15H10ClF3N2/c1-9-13(14(16)21-10(2)20-9)8-5-11-3-6-12(7-4-11)15(17,18)19/h3-4,6-7H,1-2H3. The first-order valence-corrected chi connectivity index (χ1v) is 6.35. The number of alkyl halides is 3. The van der Waals surface area contributed by atoms with Crippen molar-refractivity contribution in [2.45, 2.75) is 20.0 Å². The Kier molecular flexibility index (Phi) is 4.19. The average molecular weight is 311 g/mol. The Balaban J connectivity index is 2.32. The molecule has 0 amide bonds. The van der Waals surface area contributed by atoms with E-state index in [4.69, 9.17) is 11.6 Å². The Morgan fingerprint density at radius 2 is 1.62 bits per heavy atom. The molecular weight excluding hydrogens is 301 g/mol. The van der Waals surface area contributed by atoms with E-state index in [1.54, 1.807) is 13.8 Å². The summed E-state index contributed by atoms with van der Waals surface area (Å²) in [6.07, 6.45) is -4.35. The van der Waals surface area contributed by atoms with E-state index in [9.17, 15) is 13.2 Å². The van der Waals surface area contributed by atoms with Crippen LogP contribution in [-0.4, -0.2) is 9.97 Å². The van der Waals surface area contributed by atoms with Crippen LogP contribution in [0, 0.1) is 25.7 Å². The van der Waals surface area contributed by atoms with Crippen LogP contribution in [0.4, 0.5) is 13.2 Å². The molecule has 0 N–H and O–H groups in total. The summed E-state index contributed by atoms with van der Waals surface area (Å²) in [5.41, 5.74) is 0.856. The van der Waals surface area contributed by atoms with Crippen molar-refractivity contribution in [3.05, 3.63) is 57.6 Å². The predicted molar refractivity (Wildman–Crippen MR) is 73.9 cm³/mol. The van der Waals surface area contributed by atoms with Gasteiger partial charge >= 0.3 is 6.18 Å². The number of aromatic nitrogens is 2. The smallest absolute Gasteiger partial charge is 0.237 e. The Hall–Kier alpha value is -2.06. The third-order valence-corrected chi connectivity index (χ3v) is 2.98. The van der Waals surface area contributed by atoms with Crippen LogP contribution in [0.2, 0.25) is 5.15 Å². The minimum Gasteiger partial charge on any atom is -0.237 e. The van der Waals surface area contributed by atoms with Gasteiger partial charge in [0, 0.05) is 5.56 Å². The summed E-state index contributed by atoms with van der Waals surface area (Å²) in [6.45, 7) is 3.46. The lowest BCUT2D eigenvalue weighted by Gasteiger charge is -2.05. The zero-order valence-electron chi connectivity index (χ0n) is 11.2. The largest absolute Gasteiger partial charge is 0.416 e. The van der Waals surface area contributed by atoms with Crippen LogP contribution in [0.5, 0.6) is 0 Å². The maximum absolute atomic E-state index is 12.4. The van der Waals surface area contributed by atoms with E-state index in [0.717, 1.165) is 12.1 Å². The third kappa shape index (κ3) is 3.73. The second-order valence-electron chi connectivity index (χ2n) is 4.35. The second kappa shape index (κ2) is 5.74. The van der Waals surface area contributed by atoms with Gasteiger partial charge in [0.15, 0.2) is 0 Å². The van der Waals surface area contributed by atoms with Gasteiger partial charge < -0.3 is 0 Å². The van der Waals surface area contributed by atoms with E-state index in [1.165, 1.54) is 12.1 Å². The van der Waals surface area contributed by atoms with Crippen LogP contribution < -0.4 is 0 Å². The third-order valence-electron chi connectivity index (χ3n) is 2.70. The SMILES string of the molecule is Cc1nc(C)c(C#Cc2ccc(C(F)(F)F)cc2)c(Cl)n1. The number of rotatable bonds is 0. The average Bonchev–Trinajstić information content (AvgIpc) is 2.37. The summed E-state index contributed by atoms with van der Waals surface area (Å²) in [7, 11) is 0. The number of hydrogen-bond acceptors (Lipinski definition) is 2. The molecule has 1 aromatic heterocycles. The molecule has 0 bridgehead atoms. The molecule has 1 aromatic carbocycles. The Morgan fingerprint density at radius 3 is 2.14 bits per heavy atom. The highest BCUT2D eigenvalue weighted by Crippen LogP contribution is 2.29. The van der Waals surface area contributed by atoms with Gasteiger partial charge in [-0.05, 0) is 38.1 Å².